The molecule has 0 amide bonds. The summed E-state index contributed by atoms with van der Waals surface area (Å²) in [5, 5.41) is 6.02. The first kappa shape index (κ1) is 16.7. The molecule has 2 nitrogen and oxygen atoms in total. The van der Waals surface area contributed by atoms with Crippen LogP contribution < -0.4 is 10.6 Å². The van der Waals surface area contributed by atoms with Crippen LogP contribution in [0, 0.1) is 0 Å². The first-order chi connectivity index (χ1) is 3.91. The molecule has 0 aliphatic rings. The quantitative estimate of drug-likeness (QED) is 0.637. The summed E-state index contributed by atoms with van der Waals surface area (Å²) in [5.74, 6) is 0. The zero-order valence-electron chi connectivity index (χ0n) is 6.39. The highest BCUT2D eigenvalue weighted by atomic mass is 35.5. The molecular formula is C6H16Cl2N2. The molecule has 64 valence electrons. The molecule has 0 radical (unpaired) electrons. The van der Waals surface area contributed by atoms with Crippen molar-refractivity contribution in [3.8, 4) is 0 Å². The fourth-order valence-electron chi connectivity index (χ4n) is 0.402. The lowest BCUT2D eigenvalue weighted by atomic mass is 10.5. The molecule has 0 heterocycles. The summed E-state index contributed by atoms with van der Waals surface area (Å²) in [5.41, 5.74) is 0. The SMILES string of the molecule is CNCC=CCNC.Cl.Cl. The molecular weight excluding hydrogens is 171 g/mol. The van der Waals surface area contributed by atoms with Crippen LogP contribution in [0.4, 0.5) is 0 Å². The fraction of sp³-hybridized carbons (Fsp3) is 0.667. The molecule has 0 aliphatic heterocycles. The third kappa shape index (κ3) is 15.7. The van der Waals surface area contributed by atoms with Gasteiger partial charge in [0.1, 0.15) is 0 Å². The van der Waals surface area contributed by atoms with Gasteiger partial charge in [-0.1, -0.05) is 12.2 Å². The number of nitrogens with one attached hydrogen (secondary N) is 2. The summed E-state index contributed by atoms with van der Waals surface area (Å²) in [6.45, 7) is 1.92. The maximum absolute atomic E-state index is 3.01. The van der Waals surface area contributed by atoms with Crippen LogP contribution in [0.2, 0.25) is 0 Å². The Bertz CT molecular complexity index is 58.8. The van der Waals surface area contributed by atoms with E-state index >= 15 is 0 Å². The van der Waals surface area contributed by atoms with Gasteiger partial charge in [0.15, 0.2) is 0 Å². The van der Waals surface area contributed by atoms with Crippen LogP contribution in [-0.4, -0.2) is 27.2 Å². The second kappa shape index (κ2) is 16.1. The van der Waals surface area contributed by atoms with E-state index in [1.807, 2.05) is 14.1 Å². The van der Waals surface area contributed by atoms with Crippen molar-refractivity contribution in [2.45, 2.75) is 0 Å². The van der Waals surface area contributed by atoms with Gasteiger partial charge in [0.25, 0.3) is 0 Å². The fourth-order valence-corrected chi connectivity index (χ4v) is 0.402. The number of rotatable bonds is 4. The molecule has 0 aromatic heterocycles. The highest BCUT2D eigenvalue weighted by Crippen LogP contribution is 1.64. The lowest BCUT2D eigenvalue weighted by Crippen LogP contribution is -2.07. The van der Waals surface area contributed by atoms with Crippen LogP contribution in [0.1, 0.15) is 0 Å². The minimum absolute atomic E-state index is 0. The normalized spacial score (nSPS) is 8.60. The van der Waals surface area contributed by atoms with E-state index < -0.39 is 0 Å². The molecule has 0 unspecified atom stereocenters. The Hall–Kier alpha value is 0.240. The lowest BCUT2D eigenvalue weighted by Gasteiger charge is -1.88. The predicted molar refractivity (Wildman–Crippen MR) is 51.5 cm³/mol. The van der Waals surface area contributed by atoms with Crippen molar-refractivity contribution in [2.75, 3.05) is 27.2 Å². The van der Waals surface area contributed by atoms with Crippen LogP contribution in [0.3, 0.4) is 0 Å². The van der Waals surface area contributed by atoms with Gasteiger partial charge in [-0.3, -0.25) is 0 Å². The average molecular weight is 187 g/mol. The summed E-state index contributed by atoms with van der Waals surface area (Å²) in [4.78, 5) is 0. The van der Waals surface area contributed by atoms with E-state index in [0.29, 0.717) is 0 Å². The third-order valence-electron chi connectivity index (χ3n) is 0.811. The van der Waals surface area contributed by atoms with E-state index in [0.717, 1.165) is 13.1 Å². The summed E-state index contributed by atoms with van der Waals surface area (Å²) in [6, 6.07) is 0. The van der Waals surface area contributed by atoms with Gasteiger partial charge in [-0.25, -0.2) is 0 Å². The van der Waals surface area contributed by atoms with Gasteiger partial charge in [-0.05, 0) is 14.1 Å². The summed E-state index contributed by atoms with van der Waals surface area (Å²) in [7, 11) is 3.87. The Balaban J connectivity index is -0.000000245. The maximum atomic E-state index is 3.01. The Kier molecular flexibility index (Phi) is 26.9. The Morgan fingerprint density at radius 3 is 1.40 bits per heavy atom. The second-order valence-corrected chi connectivity index (χ2v) is 1.59. The molecule has 2 N–H and O–H groups in total. The van der Waals surface area contributed by atoms with Crippen molar-refractivity contribution in [1.82, 2.24) is 10.6 Å². The Labute approximate surface area is 75.3 Å². The maximum Gasteiger partial charge on any atom is 0.0132 e. The minimum Gasteiger partial charge on any atom is -0.316 e. The van der Waals surface area contributed by atoms with Crippen LogP contribution in [0.15, 0.2) is 12.2 Å². The van der Waals surface area contributed by atoms with Crippen molar-refractivity contribution in [2.24, 2.45) is 0 Å². The van der Waals surface area contributed by atoms with E-state index in [-0.39, 0.29) is 24.8 Å². The Morgan fingerprint density at radius 1 is 0.900 bits per heavy atom. The zero-order chi connectivity index (χ0) is 6.24. The van der Waals surface area contributed by atoms with Crippen LogP contribution in [0.5, 0.6) is 0 Å². The largest absolute Gasteiger partial charge is 0.316 e. The minimum atomic E-state index is 0. The molecule has 0 aliphatic carbocycles. The van der Waals surface area contributed by atoms with E-state index in [9.17, 15) is 0 Å². The van der Waals surface area contributed by atoms with Crippen molar-refractivity contribution in [1.29, 1.82) is 0 Å². The van der Waals surface area contributed by atoms with Gasteiger partial charge < -0.3 is 10.6 Å². The van der Waals surface area contributed by atoms with E-state index in [1.165, 1.54) is 0 Å². The molecule has 0 spiro atoms. The van der Waals surface area contributed by atoms with Crippen molar-refractivity contribution < 1.29 is 0 Å². The molecule has 4 heteroatoms. The van der Waals surface area contributed by atoms with Crippen LogP contribution >= 0.6 is 24.8 Å². The van der Waals surface area contributed by atoms with E-state index in [1.54, 1.807) is 0 Å². The van der Waals surface area contributed by atoms with Gasteiger partial charge in [-0.2, -0.15) is 0 Å². The molecule has 0 fully saturated rings. The predicted octanol–water partition coefficient (Wildman–Crippen LogP) is 0.825. The standard InChI is InChI=1S/C6H14N2.2ClH/c1-7-5-3-4-6-8-2;;/h3-4,7-8H,5-6H2,1-2H3;2*1H. The van der Waals surface area contributed by atoms with Crippen LogP contribution in [0.25, 0.3) is 0 Å². The van der Waals surface area contributed by atoms with Gasteiger partial charge in [0.05, 0.1) is 0 Å². The van der Waals surface area contributed by atoms with Crippen LogP contribution in [-0.2, 0) is 0 Å². The first-order valence-corrected chi connectivity index (χ1v) is 2.86. The third-order valence-corrected chi connectivity index (χ3v) is 0.811. The molecule has 0 bridgehead atoms. The van der Waals surface area contributed by atoms with Crippen molar-refractivity contribution in [3.05, 3.63) is 12.2 Å². The lowest BCUT2D eigenvalue weighted by molar-refractivity contribution is 0.891. The summed E-state index contributed by atoms with van der Waals surface area (Å²) >= 11 is 0. The zero-order valence-corrected chi connectivity index (χ0v) is 8.02. The molecule has 0 atom stereocenters. The smallest absolute Gasteiger partial charge is 0.0132 e. The molecule has 0 saturated heterocycles. The van der Waals surface area contributed by atoms with E-state index in [4.69, 9.17) is 0 Å². The van der Waals surface area contributed by atoms with Gasteiger partial charge in [0, 0.05) is 13.1 Å². The average Bonchev–Trinajstić information content (AvgIpc) is 1.81. The highest BCUT2D eigenvalue weighted by molar-refractivity contribution is 5.85. The number of likely N-dealkylation sites (N-methyl/N-ethyl adjacent to an activating group) is 2. The monoisotopic (exact) mass is 186 g/mol. The molecule has 0 aromatic carbocycles. The van der Waals surface area contributed by atoms with Gasteiger partial charge in [0.2, 0.25) is 0 Å². The Morgan fingerprint density at radius 2 is 1.20 bits per heavy atom. The number of hydrogen-bond donors (Lipinski definition) is 2. The van der Waals surface area contributed by atoms with Gasteiger partial charge in [-0.15, -0.1) is 24.8 Å². The van der Waals surface area contributed by atoms with E-state index in [2.05, 4.69) is 22.8 Å². The van der Waals surface area contributed by atoms with Crippen molar-refractivity contribution in [3.63, 3.8) is 0 Å². The molecule has 0 rings (SSSR count). The summed E-state index contributed by atoms with van der Waals surface area (Å²) in [6.07, 6.45) is 4.19. The number of hydrogen-bond acceptors (Lipinski definition) is 2. The topological polar surface area (TPSA) is 24.1 Å². The molecule has 10 heavy (non-hydrogen) atoms. The highest BCUT2D eigenvalue weighted by Gasteiger charge is 1.68. The number of halogens is 2. The molecule has 0 saturated carbocycles. The summed E-state index contributed by atoms with van der Waals surface area (Å²) < 4.78 is 0. The second-order valence-electron chi connectivity index (χ2n) is 1.59. The van der Waals surface area contributed by atoms with Crippen molar-refractivity contribution >= 4 is 24.8 Å². The van der Waals surface area contributed by atoms with Gasteiger partial charge >= 0.3 is 0 Å². The molecule has 0 aromatic rings. The first-order valence-electron chi connectivity index (χ1n) is 2.86.